The van der Waals surface area contributed by atoms with Crippen molar-refractivity contribution in [2.45, 2.75) is 20.4 Å². The Morgan fingerprint density at radius 3 is 2.50 bits per heavy atom. The molecule has 0 radical (unpaired) electrons. The van der Waals surface area contributed by atoms with Crippen LogP contribution in [0.15, 0.2) is 60.7 Å². The molecule has 1 heterocycles. The minimum atomic E-state index is -0.201. The van der Waals surface area contributed by atoms with Crippen LogP contribution in [0.3, 0.4) is 0 Å². The maximum absolute atomic E-state index is 13.7. The highest BCUT2D eigenvalue weighted by Crippen LogP contribution is 2.35. The molecule has 1 aromatic heterocycles. The number of methoxy groups -OCH3 is 1. The van der Waals surface area contributed by atoms with Gasteiger partial charge in [-0.05, 0) is 48.7 Å². The number of rotatable bonds is 5. The number of hydrogen-bond acceptors (Lipinski definition) is 4. The van der Waals surface area contributed by atoms with Gasteiger partial charge in [-0.3, -0.25) is 9.69 Å². The topological polar surface area (TPSA) is 42.4 Å². The van der Waals surface area contributed by atoms with Crippen molar-refractivity contribution in [3.05, 3.63) is 87.9 Å². The Hall–Kier alpha value is -2.89. The van der Waals surface area contributed by atoms with Gasteiger partial charge in [-0.25, -0.2) is 4.98 Å². The molecule has 0 aliphatic carbocycles. The van der Waals surface area contributed by atoms with E-state index in [1.165, 1.54) is 11.3 Å². The number of thiazole rings is 1. The number of carbonyl (C=O) groups excluding carboxylic acids is 1. The molecular formula is C24H21ClN2O2S. The molecule has 4 rings (SSSR count). The molecular weight excluding hydrogens is 416 g/mol. The molecule has 0 N–H and O–H groups in total. The molecule has 0 saturated carbocycles. The van der Waals surface area contributed by atoms with E-state index in [1.54, 1.807) is 30.2 Å². The van der Waals surface area contributed by atoms with E-state index in [1.807, 2.05) is 37.3 Å². The molecule has 4 aromatic rings. The summed E-state index contributed by atoms with van der Waals surface area (Å²) in [6.07, 6.45) is 0. The number of hydrogen-bond donors (Lipinski definition) is 0. The number of aromatic nitrogens is 1. The summed E-state index contributed by atoms with van der Waals surface area (Å²) in [5.74, 6) is 0.281. The van der Waals surface area contributed by atoms with E-state index in [4.69, 9.17) is 21.3 Å². The molecule has 0 fully saturated rings. The van der Waals surface area contributed by atoms with E-state index in [-0.39, 0.29) is 5.91 Å². The predicted octanol–water partition coefficient (Wildman–Crippen LogP) is 6.42. The number of benzene rings is 3. The van der Waals surface area contributed by atoms with Crippen LogP contribution in [-0.2, 0) is 6.54 Å². The third-order valence-electron chi connectivity index (χ3n) is 4.98. The molecule has 30 heavy (non-hydrogen) atoms. The highest BCUT2D eigenvalue weighted by Gasteiger charge is 2.25. The third kappa shape index (κ3) is 3.91. The first-order chi connectivity index (χ1) is 14.5. The molecule has 0 spiro atoms. The Labute approximate surface area is 184 Å². The van der Waals surface area contributed by atoms with Crippen LogP contribution in [0, 0.1) is 13.8 Å². The fraction of sp³-hybridized carbons (Fsp3) is 0.167. The van der Waals surface area contributed by atoms with Crippen LogP contribution in [0.5, 0.6) is 5.75 Å². The molecule has 0 bridgehead atoms. The van der Waals surface area contributed by atoms with Gasteiger partial charge in [0.2, 0.25) is 0 Å². The minimum Gasteiger partial charge on any atom is -0.496 e. The van der Waals surface area contributed by atoms with Crippen molar-refractivity contribution in [3.63, 3.8) is 0 Å². The van der Waals surface area contributed by atoms with Crippen molar-refractivity contribution < 1.29 is 9.53 Å². The summed E-state index contributed by atoms with van der Waals surface area (Å²) >= 11 is 7.72. The van der Waals surface area contributed by atoms with E-state index in [2.05, 4.69) is 19.1 Å². The van der Waals surface area contributed by atoms with Gasteiger partial charge in [-0.1, -0.05) is 65.4 Å². The summed E-state index contributed by atoms with van der Waals surface area (Å²) in [6, 6.07) is 19.1. The third-order valence-corrected chi connectivity index (χ3v) is 6.43. The Bertz CT molecular complexity index is 1180. The highest BCUT2D eigenvalue weighted by molar-refractivity contribution is 7.22. The van der Waals surface area contributed by atoms with E-state index < -0.39 is 0 Å². The maximum atomic E-state index is 13.7. The quantitative estimate of drug-likeness (QED) is 0.362. The number of anilines is 1. The Kier molecular flexibility index (Phi) is 5.75. The van der Waals surface area contributed by atoms with Crippen LogP contribution in [0.2, 0.25) is 5.02 Å². The van der Waals surface area contributed by atoms with Crippen LogP contribution < -0.4 is 9.64 Å². The first-order valence-electron chi connectivity index (χ1n) is 9.54. The minimum absolute atomic E-state index is 0.201. The lowest BCUT2D eigenvalue weighted by molar-refractivity contribution is 0.0982. The van der Waals surface area contributed by atoms with Crippen molar-refractivity contribution in [2.24, 2.45) is 0 Å². The fourth-order valence-electron chi connectivity index (χ4n) is 3.35. The molecule has 0 aliphatic rings. The van der Waals surface area contributed by atoms with Crippen molar-refractivity contribution in [1.82, 2.24) is 4.98 Å². The fourth-order valence-corrected chi connectivity index (χ4v) is 4.63. The Morgan fingerprint density at radius 2 is 1.80 bits per heavy atom. The van der Waals surface area contributed by atoms with Crippen LogP contribution in [0.1, 0.15) is 27.0 Å². The van der Waals surface area contributed by atoms with Crippen LogP contribution in [-0.4, -0.2) is 18.0 Å². The zero-order chi connectivity index (χ0) is 21.3. The number of ether oxygens (including phenoxy) is 1. The average Bonchev–Trinajstić information content (AvgIpc) is 3.21. The van der Waals surface area contributed by atoms with E-state index in [0.29, 0.717) is 28.0 Å². The second-order valence-electron chi connectivity index (χ2n) is 7.10. The SMILES string of the molecule is COc1ccc(Cl)cc1C(=O)N(Cc1ccccc1)c1nc2c(C)ccc(C)c2s1. The zero-order valence-electron chi connectivity index (χ0n) is 17.0. The standard InChI is InChI=1S/C24H21ClN2O2S/c1-15-9-10-16(2)22-21(15)26-24(30-22)27(14-17-7-5-4-6-8-17)23(28)19-13-18(25)11-12-20(19)29-3/h4-13H,14H2,1-3H3. The van der Waals surface area contributed by atoms with E-state index in [0.717, 1.165) is 26.9 Å². The number of halogens is 1. The lowest BCUT2D eigenvalue weighted by Gasteiger charge is -2.21. The lowest BCUT2D eigenvalue weighted by Crippen LogP contribution is -2.30. The predicted molar refractivity (Wildman–Crippen MR) is 124 cm³/mol. The maximum Gasteiger partial charge on any atom is 0.264 e. The summed E-state index contributed by atoms with van der Waals surface area (Å²) in [6.45, 7) is 4.50. The van der Waals surface area contributed by atoms with Crippen molar-refractivity contribution in [2.75, 3.05) is 12.0 Å². The molecule has 0 unspecified atom stereocenters. The molecule has 0 saturated heterocycles. The number of fused-ring (bicyclic) bond motifs is 1. The number of amides is 1. The van der Waals surface area contributed by atoms with Crippen LogP contribution >= 0.6 is 22.9 Å². The molecule has 1 amide bonds. The summed E-state index contributed by atoms with van der Waals surface area (Å²) in [5, 5.41) is 1.13. The van der Waals surface area contributed by atoms with Crippen molar-refractivity contribution >= 4 is 44.2 Å². The molecule has 4 nitrogen and oxygen atoms in total. The summed E-state index contributed by atoms with van der Waals surface area (Å²) in [7, 11) is 1.55. The zero-order valence-corrected chi connectivity index (χ0v) is 18.6. The van der Waals surface area contributed by atoms with Gasteiger partial charge in [0, 0.05) is 5.02 Å². The monoisotopic (exact) mass is 436 g/mol. The summed E-state index contributed by atoms with van der Waals surface area (Å²) in [4.78, 5) is 20.2. The molecule has 6 heteroatoms. The van der Waals surface area contributed by atoms with Gasteiger partial charge in [0.1, 0.15) is 5.75 Å². The largest absolute Gasteiger partial charge is 0.496 e. The summed E-state index contributed by atoms with van der Waals surface area (Å²) in [5.41, 5.74) is 4.59. The first kappa shape index (κ1) is 20.4. The summed E-state index contributed by atoms with van der Waals surface area (Å²) < 4.78 is 6.52. The van der Waals surface area contributed by atoms with E-state index >= 15 is 0 Å². The molecule has 152 valence electrons. The molecule has 3 aromatic carbocycles. The van der Waals surface area contributed by atoms with Crippen molar-refractivity contribution in [1.29, 1.82) is 0 Å². The van der Waals surface area contributed by atoms with Gasteiger partial charge < -0.3 is 4.74 Å². The van der Waals surface area contributed by atoms with Crippen LogP contribution in [0.25, 0.3) is 10.2 Å². The number of aryl methyl sites for hydroxylation is 2. The first-order valence-corrected chi connectivity index (χ1v) is 10.7. The highest BCUT2D eigenvalue weighted by atomic mass is 35.5. The number of nitrogens with zero attached hydrogens (tertiary/aromatic N) is 2. The Morgan fingerprint density at radius 1 is 1.07 bits per heavy atom. The second-order valence-corrected chi connectivity index (χ2v) is 8.51. The van der Waals surface area contributed by atoms with Gasteiger partial charge in [-0.2, -0.15) is 0 Å². The van der Waals surface area contributed by atoms with Gasteiger partial charge >= 0.3 is 0 Å². The van der Waals surface area contributed by atoms with Gasteiger partial charge in [-0.15, -0.1) is 0 Å². The van der Waals surface area contributed by atoms with Gasteiger partial charge in [0.05, 0.1) is 29.4 Å². The smallest absolute Gasteiger partial charge is 0.264 e. The molecule has 0 atom stereocenters. The van der Waals surface area contributed by atoms with Gasteiger partial charge in [0.15, 0.2) is 5.13 Å². The Balaban J connectivity index is 1.85. The van der Waals surface area contributed by atoms with Gasteiger partial charge in [0.25, 0.3) is 5.91 Å². The average molecular weight is 437 g/mol. The normalized spacial score (nSPS) is 10.9. The lowest BCUT2D eigenvalue weighted by atomic mass is 10.1. The second kappa shape index (κ2) is 8.46. The van der Waals surface area contributed by atoms with E-state index in [9.17, 15) is 4.79 Å². The number of carbonyl (C=O) groups is 1. The molecule has 0 aliphatic heterocycles. The van der Waals surface area contributed by atoms with Crippen LogP contribution in [0.4, 0.5) is 5.13 Å². The van der Waals surface area contributed by atoms with Crippen molar-refractivity contribution in [3.8, 4) is 5.75 Å².